The van der Waals surface area contributed by atoms with Crippen LogP contribution in [0.25, 0.3) is 0 Å². The summed E-state index contributed by atoms with van der Waals surface area (Å²) in [7, 11) is 0. The standard InChI is InChI=1S/C9H13ClN2OS/c1-6(11)4-9(13)12-5-7-2-3-8(10)14-7/h2-3,6H,4-5,11H2,1H3,(H,12,13). The molecule has 3 N–H and O–H groups in total. The molecule has 1 unspecified atom stereocenters. The summed E-state index contributed by atoms with van der Waals surface area (Å²) in [4.78, 5) is 12.3. The van der Waals surface area contributed by atoms with Crippen LogP contribution in [0, 0.1) is 0 Å². The number of nitrogens with two attached hydrogens (primary N) is 1. The fourth-order valence-corrected chi connectivity index (χ4v) is 2.02. The average molecular weight is 233 g/mol. The van der Waals surface area contributed by atoms with Crippen molar-refractivity contribution in [2.45, 2.75) is 25.9 Å². The molecule has 5 heteroatoms. The number of rotatable bonds is 4. The van der Waals surface area contributed by atoms with Crippen molar-refractivity contribution >= 4 is 28.8 Å². The number of thiophene rings is 1. The van der Waals surface area contributed by atoms with Crippen LogP contribution in [0.5, 0.6) is 0 Å². The molecule has 1 aromatic rings. The van der Waals surface area contributed by atoms with Crippen molar-refractivity contribution in [3.63, 3.8) is 0 Å². The van der Waals surface area contributed by atoms with Crippen LogP contribution in [0.4, 0.5) is 0 Å². The van der Waals surface area contributed by atoms with Gasteiger partial charge in [0.15, 0.2) is 0 Å². The molecule has 0 bridgehead atoms. The van der Waals surface area contributed by atoms with Gasteiger partial charge in [0.05, 0.1) is 10.9 Å². The van der Waals surface area contributed by atoms with Crippen LogP contribution in [0.3, 0.4) is 0 Å². The highest BCUT2D eigenvalue weighted by Gasteiger charge is 2.05. The van der Waals surface area contributed by atoms with Gasteiger partial charge in [0.25, 0.3) is 0 Å². The molecule has 0 radical (unpaired) electrons. The van der Waals surface area contributed by atoms with Crippen molar-refractivity contribution < 1.29 is 4.79 Å². The minimum atomic E-state index is -0.0954. The molecule has 1 heterocycles. The van der Waals surface area contributed by atoms with Gasteiger partial charge in [0.2, 0.25) is 5.91 Å². The Morgan fingerprint density at radius 1 is 1.71 bits per heavy atom. The minimum absolute atomic E-state index is 0.0236. The number of halogens is 1. The van der Waals surface area contributed by atoms with E-state index in [-0.39, 0.29) is 11.9 Å². The van der Waals surface area contributed by atoms with Gasteiger partial charge in [0, 0.05) is 17.3 Å². The lowest BCUT2D eigenvalue weighted by molar-refractivity contribution is -0.121. The van der Waals surface area contributed by atoms with Crippen LogP contribution < -0.4 is 11.1 Å². The van der Waals surface area contributed by atoms with Gasteiger partial charge in [0.1, 0.15) is 0 Å². The van der Waals surface area contributed by atoms with Crippen LogP contribution in [-0.4, -0.2) is 11.9 Å². The van der Waals surface area contributed by atoms with E-state index in [2.05, 4.69) is 5.32 Å². The zero-order valence-electron chi connectivity index (χ0n) is 7.92. The van der Waals surface area contributed by atoms with Crippen LogP contribution in [-0.2, 0) is 11.3 Å². The predicted octanol–water partition coefficient (Wildman–Crippen LogP) is 1.75. The van der Waals surface area contributed by atoms with Crippen LogP contribution in [0.15, 0.2) is 12.1 Å². The summed E-state index contributed by atoms with van der Waals surface area (Å²) in [6.45, 7) is 2.34. The SMILES string of the molecule is CC(N)CC(=O)NCc1ccc(Cl)s1. The van der Waals surface area contributed by atoms with Crippen molar-refractivity contribution in [2.75, 3.05) is 0 Å². The molecule has 0 aliphatic carbocycles. The Labute approximate surface area is 92.3 Å². The lowest BCUT2D eigenvalue weighted by Gasteiger charge is -2.05. The van der Waals surface area contributed by atoms with Crippen molar-refractivity contribution in [3.05, 3.63) is 21.3 Å². The maximum Gasteiger partial charge on any atom is 0.221 e. The van der Waals surface area contributed by atoms with Crippen molar-refractivity contribution in [1.82, 2.24) is 5.32 Å². The second kappa shape index (κ2) is 5.34. The first-order valence-corrected chi connectivity index (χ1v) is 5.54. The van der Waals surface area contributed by atoms with E-state index in [1.54, 1.807) is 0 Å². The Kier molecular flexibility index (Phi) is 4.38. The van der Waals surface area contributed by atoms with Gasteiger partial charge in [-0.25, -0.2) is 0 Å². The molecule has 0 spiro atoms. The average Bonchev–Trinajstić information content (AvgIpc) is 2.47. The zero-order chi connectivity index (χ0) is 10.6. The van der Waals surface area contributed by atoms with Crippen molar-refractivity contribution in [3.8, 4) is 0 Å². The molecule has 14 heavy (non-hydrogen) atoms. The molecule has 0 aliphatic heterocycles. The molecule has 1 rings (SSSR count). The Morgan fingerprint density at radius 3 is 2.93 bits per heavy atom. The highest BCUT2D eigenvalue weighted by atomic mass is 35.5. The van der Waals surface area contributed by atoms with E-state index in [0.29, 0.717) is 13.0 Å². The third-order valence-electron chi connectivity index (χ3n) is 1.60. The van der Waals surface area contributed by atoms with Gasteiger partial charge in [-0.3, -0.25) is 4.79 Å². The first-order chi connectivity index (χ1) is 6.58. The van der Waals surface area contributed by atoms with Gasteiger partial charge < -0.3 is 11.1 Å². The van der Waals surface area contributed by atoms with Crippen LogP contribution >= 0.6 is 22.9 Å². The molecule has 0 saturated carbocycles. The molecule has 0 aromatic carbocycles. The fourth-order valence-electron chi connectivity index (χ4n) is 0.997. The van der Waals surface area contributed by atoms with Crippen LogP contribution in [0.2, 0.25) is 4.34 Å². The minimum Gasteiger partial charge on any atom is -0.351 e. The molecule has 0 saturated heterocycles. The van der Waals surface area contributed by atoms with Gasteiger partial charge in [-0.05, 0) is 19.1 Å². The normalized spacial score (nSPS) is 12.5. The van der Waals surface area contributed by atoms with Gasteiger partial charge >= 0.3 is 0 Å². The van der Waals surface area contributed by atoms with E-state index in [4.69, 9.17) is 17.3 Å². The van der Waals surface area contributed by atoms with E-state index in [0.717, 1.165) is 9.21 Å². The van der Waals surface area contributed by atoms with E-state index >= 15 is 0 Å². The highest BCUT2D eigenvalue weighted by Crippen LogP contribution is 2.20. The number of hydrogen-bond acceptors (Lipinski definition) is 3. The third-order valence-corrected chi connectivity index (χ3v) is 2.83. The second-order valence-corrected chi connectivity index (χ2v) is 4.96. The number of amides is 1. The third kappa shape index (κ3) is 4.09. The molecule has 78 valence electrons. The quantitative estimate of drug-likeness (QED) is 0.831. The van der Waals surface area contributed by atoms with Crippen molar-refractivity contribution in [2.24, 2.45) is 5.73 Å². The van der Waals surface area contributed by atoms with Crippen molar-refractivity contribution in [1.29, 1.82) is 0 Å². The monoisotopic (exact) mass is 232 g/mol. The molecular weight excluding hydrogens is 220 g/mol. The largest absolute Gasteiger partial charge is 0.351 e. The maximum atomic E-state index is 11.2. The Bertz CT molecular complexity index is 312. The van der Waals surface area contributed by atoms with Crippen LogP contribution in [0.1, 0.15) is 18.2 Å². The summed E-state index contributed by atoms with van der Waals surface area (Å²) >= 11 is 7.21. The first-order valence-electron chi connectivity index (χ1n) is 4.34. The van der Waals surface area contributed by atoms with Gasteiger partial charge in [-0.2, -0.15) is 0 Å². The molecule has 3 nitrogen and oxygen atoms in total. The van der Waals surface area contributed by atoms with E-state index in [9.17, 15) is 4.79 Å². The van der Waals surface area contributed by atoms with Gasteiger partial charge in [-0.1, -0.05) is 11.6 Å². The van der Waals surface area contributed by atoms with E-state index in [1.807, 2.05) is 19.1 Å². The number of nitrogens with one attached hydrogen (secondary N) is 1. The Balaban J connectivity index is 2.30. The summed E-state index contributed by atoms with van der Waals surface area (Å²) in [5, 5.41) is 2.78. The topological polar surface area (TPSA) is 55.1 Å². The molecule has 1 amide bonds. The molecule has 1 aromatic heterocycles. The maximum absolute atomic E-state index is 11.2. The number of hydrogen-bond donors (Lipinski definition) is 2. The fraction of sp³-hybridized carbons (Fsp3) is 0.444. The zero-order valence-corrected chi connectivity index (χ0v) is 9.49. The predicted molar refractivity (Wildman–Crippen MR) is 59.4 cm³/mol. The summed E-state index contributed by atoms with van der Waals surface area (Å²) in [5.74, 6) is -0.0236. The second-order valence-electron chi connectivity index (χ2n) is 3.16. The lowest BCUT2D eigenvalue weighted by atomic mass is 10.2. The summed E-state index contributed by atoms with van der Waals surface area (Å²) in [6, 6.07) is 3.63. The summed E-state index contributed by atoms with van der Waals surface area (Å²) in [5.41, 5.74) is 5.49. The lowest BCUT2D eigenvalue weighted by Crippen LogP contribution is -2.29. The molecule has 0 fully saturated rings. The first kappa shape index (κ1) is 11.5. The molecular formula is C9H13ClN2OS. The van der Waals surface area contributed by atoms with E-state index < -0.39 is 0 Å². The number of carbonyl (C=O) groups is 1. The highest BCUT2D eigenvalue weighted by molar-refractivity contribution is 7.16. The number of carbonyl (C=O) groups excluding carboxylic acids is 1. The Morgan fingerprint density at radius 2 is 2.43 bits per heavy atom. The Hall–Kier alpha value is -0.580. The smallest absolute Gasteiger partial charge is 0.221 e. The molecule has 0 aliphatic rings. The van der Waals surface area contributed by atoms with E-state index in [1.165, 1.54) is 11.3 Å². The molecule has 1 atom stereocenters. The van der Waals surface area contributed by atoms with Gasteiger partial charge in [-0.15, -0.1) is 11.3 Å². The summed E-state index contributed by atoms with van der Waals surface area (Å²) in [6.07, 6.45) is 0.360. The summed E-state index contributed by atoms with van der Waals surface area (Å²) < 4.78 is 0.737.